The Morgan fingerprint density at radius 1 is 1.50 bits per heavy atom. The van der Waals surface area contributed by atoms with E-state index < -0.39 is 0 Å². The third-order valence-electron chi connectivity index (χ3n) is 2.60. The maximum Gasteiger partial charge on any atom is 0.101 e. The van der Waals surface area contributed by atoms with Gasteiger partial charge in [0.25, 0.3) is 0 Å². The molecule has 3 heteroatoms. The molecule has 0 saturated carbocycles. The molecule has 14 heavy (non-hydrogen) atoms. The molecule has 1 atom stereocenters. The van der Waals surface area contributed by atoms with Crippen LogP contribution in [0.5, 0.6) is 0 Å². The summed E-state index contributed by atoms with van der Waals surface area (Å²) >= 11 is 0. The van der Waals surface area contributed by atoms with E-state index in [2.05, 4.69) is 6.07 Å². The van der Waals surface area contributed by atoms with Crippen LogP contribution >= 0.6 is 0 Å². The Morgan fingerprint density at radius 3 is 3.00 bits per heavy atom. The summed E-state index contributed by atoms with van der Waals surface area (Å²) in [6.07, 6.45) is 1.04. The van der Waals surface area contributed by atoms with Crippen LogP contribution in [0, 0.1) is 11.3 Å². The lowest BCUT2D eigenvalue weighted by molar-refractivity contribution is 0.194. The van der Waals surface area contributed by atoms with Gasteiger partial charge in [-0.1, -0.05) is 6.07 Å². The van der Waals surface area contributed by atoms with Gasteiger partial charge in [-0.05, 0) is 24.1 Å². The second-order valence-corrected chi connectivity index (χ2v) is 3.52. The van der Waals surface area contributed by atoms with Gasteiger partial charge in [0.05, 0.1) is 12.2 Å². The smallest absolute Gasteiger partial charge is 0.101 e. The zero-order valence-corrected chi connectivity index (χ0v) is 7.86. The molecule has 1 aromatic rings. The molecule has 0 spiro atoms. The number of ether oxygens (including phenoxy) is 1. The molecule has 72 valence electrons. The first-order chi connectivity index (χ1) is 6.81. The number of hydrogen-bond donors (Lipinski definition) is 1. The van der Waals surface area contributed by atoms with Crippen LogP contribution in [-0.4, -0.2) is 13.2 Å². The molecule has 0 aliphatic carbocycles. The highest BCUT2D eigenvalue weighted by Gasteiger charge is 2.18. The number of nitrogen functional groups attached to an aromatic ring is 1. The van der Waals surface area contributed by atoms with Crippen molar-refractivity contribution in [1.82, 2.24) is 0 Å². The number of hydrogen-bond acceptors (Lipinski definition) is 3. The van der Waals surface area contributed by atoms with Crippen molar-refractivity contribution in [3.8, 4) is 6.07 Å². The van der Waals surface area contributed by atoms with E-state index in [9.17, 15) is 0 Å². The van der Waals surface area contributed by atoms with Crippen LogP contribution in [-0.2, 0) is 4.74 Å². The molecule has 1 unspecified atom stereocenters. The summed E-state index contributed by atoms with van der Waals surface area (Å²) in [6, 6.07) is 7.74. The van der Waals surface area contributed by atoms with Crippen LogP contribution in [0.3, 0.4) is 0 Å². The van der Waals surface area contributed by atoms with Gasteiger partial charge in [0, 0.05) is 18.2 Å². The molecule has 1 heterocycles. The molecule has 0 radical (unpaired) electrons. The SMILES string of the molecule is N#Cc1cc(C2CCOC2)ccc1N. The Bertz CT molecular complexity index is 375. The number of rotatable bonds is 1. The van der Waals surface area contributed by atoms with Crippen molar-refractivity contribution in [3.05, 3.63) is 29.3 Å². The molecule has 1 aliphatic rings. The molecule has 0 amide bonds. The van der Waals surface area contributed by atoms with Gasteiger partial charge in [-0.25, -0.2) is 0 Å². The highest BCUT2D eigenvalue weighted by molar-refractivity contribution is 5.55. The standard InChI is InChI=1S/C11H12N2O/c12-6-10-5-8(1-2-11(10)13)9-3-4-14-7-9/h1-2,5,9H,3-4,7,13H2. The lowest BCUT2D eigenvalue weighted by atomic mass is 9.96. The van der Waals surface area contributed by atoms with E-state index in [4.69, 9.17) is 15.7 Å². The highest BCUT2D eigenvalue weighted by Crippen LogP contribution is 2.27. The molecule has 0 aromatic heterocycles. The third-order valence-corrected chi connectivity index (χ3v) is 2.60. The topological polar surface area (TPSA) is 59.0 Å². The van der Waals surface area contributed by atoms with Crippen LogP contribution in [0.15, 0.2) is 18.2 Å². The molecule has 0 bridgehead atoms. The average Bonchev–Trinajstić information content (AvgIpc) is 2.71. The van der Waals surface area contributed by atoms with Crippen LogP contribution < -0.4 is 5.73 Å². The van der Waals surface area contributed by atoms with Crippen LogP contribution in [0.25, 0.3) is 0 Å². The van der Waals surface area contributed by atoms with E-state index in [1.807, 2.05) is 12.1 Å². The van der Waals surface area contributed by atoms with Crippen molar-refractivity contribution < 1.29 is 4.74 Å². The van der Waals surface area contributed by atoms with Crippen LogP contribution in [0.2, 0.25) is 0 Å². The number of nitriles is 1. The minimum Gasteiger partial charge on any atom is -0.398 e. The Hall–Kier alpha value is -1.53. The fraction of sp³-hybridized carbons (Fsp3) is 0.364. The van der Waals surface area contributed by atoms with Gasteiger partial charge >= 0.3 is 0 Å². The van der Waals surface area contributed by atoms with Gasteiger partial charge in [0.15, 0.2) is 0 Å². The van der Waals surface area contributed by atoms with E-state index >= 15 is 0 Å². The minimum absolute atomic E-state index is 0.433. The summed E-state index contributed by atoms with van der Waals surface area (Å²) < 4.78 is 5.30. The zero-order valence-electron chi connectivity index (χ0n) is 7.86. The minimum atomic E-state index is 0.433. The summed E-state index contributed by atoms with van der Waals surface area (Å²) in [7, 11) is 0. The molecular weight excluding hydrogens is 176 g/mol. The number of nitrogens with zero attached hydrogens (tertiary/aromatic N) is 1. The monoisotopic (exact) mass is 188 g/mol. The van der Waals surface area contributed by atoms with Gasteiger partial charge in [0.2, 0.25) is 0 Å². The second kappa shape index (κ2) is 3.69. The van der Waals surface area contributed by atoms with Crippen molar-refractivity contribution in [3.63, 3.8) is 0 Å². The van der Waals surface area contributed by atoms with Crippen molar-refractivity contribution >= 4 is 5.69 Å². The predicted molar refractivity (Wildman–Crippen MR) is 53.7 cm³/mol. The molecule has 2 N–H and O–H groups in total. The maximum absolute atomic E-state index is 8.82. The summed E-state index contributed by atoms with van der Waals surface area (Å²) in [5.74, 6) is 0.433. The number of nitrogens with two attached hydrogens (primary N) is 1. The van der Waals surface area contributed by atoms with Crippen molar-refractivity contribution in [2.75, 3.05) is 18.9 Å². The van der Waals surface area contributed by atoms with Crippen molar-refractivity contribution in [2.24, 2.45) is 0 Å². The zero-order chi connectivity index (χ0) is 9.97. The third kappa shape index (κ3) is 1.57. The summed E-state index contributed by atoms with van der Waals surface area (Å²) in [4.78, 5) is 0. The van der Waals surface area contributed by atoms with E-state index in [1.165, 1.54) is 0 Å². The van der Waals surface area contributed by atoms with Gasteiger partial charge in [-0.15, -0.1) is 0 Å². The fourth-order valence-electron chi connectivity index (χ4n) is 1.72. The summed E-state index contributed by atoms with van der Waals surface area (Å²) in [5.41, 5.74) is 7.92. The van der Waals surface area contributed by atoms with E-state index in [1.54, 1.807) is 6.07 Å². The Balaban J connectivity index is 2.31. The van der Waals surface area contributed by atoms with Crippen molar-refractivity contribution in [2.45, 2.75) is 12.3 Å². The van der Waals surface area contributed by atoms with Crippen molar-refractivity contribution in [1.29, 1.82) is 5.26 Å². The van der Waals surface area contributed by atoms with Gasteiger partial charge in [0.1, 0.15) is 6.07 Å². The summed E-state index contributed by atoms with van der Waals surface area (Å²) in [5, 5.41) is 8.82. The lowest BCUT2D eigenvalue weighted by Gasteiger charge is -2.08. The Morgan fingerprint density at radius 2 is 2.36 bits per heavy atom. The first-order valence-electron chi connectivity index (χ1n) is 4.68. The summed E-state index contributed by atoms with van der Waals surface area (Å²) in [6.45, 7) is 1.58. The highest BCUT2D eigenvalue weighted by atomic mass is 16.5. The van der Waals surface area contributed by atoms with Crippen LogP contribution in [0.4, 0.5) is 5.69 Å². The maximum atomic E-state index is 8.82. The quantitative estimate of drug-likeness (QED) is 0.681. The van der Waals surface area contributed by atoms with E-state index in [0.717, 1.165) is 25.2 Å². The molecule has 3 nitrogen and oxygen atoms in total. The normalized spacial score (nSPS) is 20.6. The van der Waals surface area contributed by atoms with Gasteiger partial charge in [-0.2, -0.15) is 5.26 Å². The molecule has 1 aromatic carbocycles. The molecular formula is C11H12N2O. The van der Waals surface area contributed by atoms with Gasteiger partial charge < -0.3 is 10.5 Å². The first kappa shape index (κ1) is 9.04. The molecule has 2 rings (SSSR count). The second-order valence-electron chi connectivity index (χ2n) is 3.52. The largest absolute Gasteiger partial charge is 0.398 e. The lowest BCUT2D eigenvalue weighted by Crippen LogP contribution is -1.99. The fourth-order valence-corrected chi connectivity index (χ4v) is 1.72. The number of anilines is 1. The average molecular weight is 188 g/mol. The molecule has 1 fully saturated rings. The Labute approximate surface area is 83.1 Å². The van der Waals surface area contributed by atoms with Crippen LogP contribution in [0.1, 0.15) is 23.5 Å². The molecule has 1 aliphatic heterocycles. The van der Waals surface area contributed by atoms with E-state index in [0.29, 0.717) is 17.2 Å². The molecule has 1 saturated heterocycles. The number of benzene rings is 1. The van der Waals surface area contributed by atoms with Gasteiger partial charge in [-0.3, -0.25) is 0 Å². The van der Waals surface area contributed by atoms with E-state index in [-0.39, 0.29) is 0 Å². The predicted octanol–water partition coefficient (Wildman–Crippen LogP) is 1.64. The first-order valence-corrected chi connectivity index (χ1v) is 4.68. The Kier molecular flexibility index (Phi) is 2.38.